The van der Waals surface area contributed by atoms with E-state index in [-0.39, 0.29) is 5.03 Å². The van der Waals surface area contributed by atoms with Gasteiger partial charge in [0.15, 0.2) is 5.03 Å². The second-order valence-electron chi connectivity index (χ2n) is 4.95. The zero-order valence-electron chi connectivity index (χ0n) is 11.4. The van der Waals surface area contributed by atoms with Crippen molar-refractivity contribution in [3.05, 3.63) is 35.8 Å². The number of hydrogen-bond acceptors (Lipinski definition) is 4. The lowest BCUT2D eigenvalue weighted by Gasteiger charge is -2.18. The highest BCUT2D eigenvalue weighted by Gasteiger charge is 2.32. The van der Waals surface area contributed by atoms with Crippen molar-refractivity contribution in [1.29, 1.82) is 0 Å². The molecule has 2 aromatic rings. The van der Waals surface area contributed by atoms with E-state index in [1.165, 1.54) is 10.5 Å². The van der Waals surface area contributed by atoms with E-state index in [1.807, 2.05) is 6.07 Å². The fourth-order valence-corrected chi connectivity index (χ4v) is 3.91. The molecule has 0 fully saturated rings. The second-order valence-corrected chi connectivity index (χ2v) is 6.76. The molecule has 6 nitrogen and oxygen atoms in total. The van der Waals surface area contributed by atoms with E-state index in [0.717, 1.165) is 5.56 Å². The van der Waals surface area contributed by atoms with Crippen LogP contribution in [0.5, 0.6) is 0 Å². The molecule has 0 saturated carbocycles. The van der Waals surface area contributed by atoms with Gasteiger partial charge in [-0.3, -0.25) is 4.31 Å². The number of fused-ring (bicyclic) bond motifs is 1. The summed E-state index contributed by atoms with van der Waals surface area (Å²) in [6.07, 6.45) is 2.23. The van der Waals surface area contributed by atoms with Crippen LogP contribution in [0.4, 0.5) is 11.4 Å². The molecule has 2 heterocycles. The lowest BCUT2D eigenvalue weighted by Crippen LogP contribution is -2.29. The van der Waals surface area contributed by atoms with Crippen LogP contribution in [0, 0.1) is 6.92 Å². The first-order valence-corrected chi connectivity index (χ1v) is 7.75. The maximum atomic E-state index is 12.7. The number of nitrogens with two attached hydrogens (primary N) is 1. The molecule has 20 heavy (non-hydrogen) atoms. The van der Waals surface area contributed by atoms with Crippen molar-refractivity contribution >= 4 is 21.4 Å². The number of hydrogen-bond donors (Lipinski definition) is 1. The van der Waals surface area contributed by atoms with E-state index in [2.05, 4.69) is 4.98 Å². The van der Waals surface area contributed by atoms with Gasteiger partial charge in [-0.1, -0.05) is 6.07 Å². The summed E-state index contributed by atoms with van der Waals surface area (Å²) in [6.45, 7) is 2.20. The molecule has 2 N–H and O–H groups in total. The van der Waals surface area contributed by atoms with Gasteiger partial charge in [0, 0.05) is 25.5 Å². The van der Waals surface area contributed by atoms with Crippen LogP contribution >= 0.6 is 0 Å². The maximum absolute atomic E-state index is 12.7. The average molecular weight is 292 g/mol. The normalized spacial score (nSPS) is 14.6. The highest BCUT2D eigenvalue weighted by atomic mass is 32.2. The number of aromatic nitrogens is 2. The Hall–Kier alpha value is -2.02. The number of aryl methyl sites for hydroxylation is 2. The zero-order valence-corrected chi connectivity index (χ0v) is 12.2. The minimum Gasteiger partial charge on any atom is -0.399 e. The molecule has 0 saturated heterocycles. The molecule has 1 aromatic heterocycles. The van der Waals surface area contributed by atoms with Crippen molar-refractivity contribution in [1.82, 2.24) is 9.55 Å². The molecule has 0 unspecified atom stereocenters. The Morgan fingerprint density at radius 2 is 2.10 bits per heavy atom. The molecule has 1 aliphatic rings. The van der Waals surface area contributed by atoms with Crippen LogP contribution in [-0.4, -0.2) is 24.5 Å². The van der Waals surface area contributed by atoms with E-state index >= 15 is 0 Å². The third-order valence-corrected chi connectivity index (χ3v) is 5.29. The zero-order chi connectivity index (χ0) is 14.5. The SMILES string of the molecule is Cc1nc(S(=O)(=O)N2CCc3ccc(N)cc32)cn1C. The molecule has 0 radical (unpaired) electrons. The average Bonchev–Trinajstić information content (AvgIpc) is 2.94. The third kappa shape index (κ3) is 1.85. The van der Waals surface area contributed by atoms with Crippen molar-refractivity contribution in [2.24, 2.45) is 7.05 Å². The highest BCUT2D eigenvalue weighted by molar-refractivity contribution is 7.92. The van der Waals surface area contributed by atoms with Crippen molar-refractivity contribution in [2.45, 2.75) is 18.4 Å². The standard InChI is InChI=1S/C13H16N4O2S/c1-9-15-13(8-16(9)2)20(18,19)17-6-5-10-3-4-11(14)7-12(10)17/h3-4,7-8H,5-6,14H2,1-2H3. The van der Waals surface area contributed by atoms with Crippen LogP contribution in [0.2, 0.25) is 0 Å². The van der Waals surface area contributed by atoms with Gasteiger partial charge in [-0.25, -0.2) is 4.98 Å². The Morgan fingerprint density at radius 1 is 1.35 bits per heavy atom. The summed E-state index contributed by atoms with van der Waals surface area (Å²) in [6, 6.07) is 5.37. The Balaban J connectivity index is 2.09. The molecule has 0 bridgehead atoms. The fraction of sp³-hybridized carbons (Fsp3) is 0.308. The van der Waals surface area contributed by atoms with Gasteiger partial charge in [0.25, 0.3) is 10.0 Å². The topological polar surface area (TPSA) is 81.2 Å². The van der Waals surface area contributed by atoms with Crippen molar-refractivity contribution in [2.75, 3.05) is 16.6 Å². The smallest absolute Gasteiger partial charge is 0.283 e. The van der Waals surface area contributed by atoms with E-state index in [0.29, 0.717) is 30.2 Å². The van der Waals surface area contributed by atoms with Gasteiger partial charge in [-0.05, 0) is 31.0 Å². The van der Waals surface area contributed by atoms with E-state index < -0.39 is 10.0 Å². The van der Waals surface area contributed by atoms with E-state index in [4.69, 9.17) is 5.73 Å². The van der Waals surface area contributed by atoms with Crippen molar-refractivity contribution in [3.63, 3.8) is 0 Å². The number of benzene rings is 1. The summed E-state index contributed by atoms with van der Waals surface area (Å²) >= 11 is 0. The summed E-state index contributed by atoms with van der Waals surface area (Å²) in [5.41, 5.74) is 7.98. The number of nitrogen functional groups attached to an aromatic ring is 1. The summed E-state index contributed by atoms with van der Waals surface area (Å²) in [4.78, 5) is 4.12. The number of imidazole rings is 1. The third-order valence-electron chi connectivity index (χ3n) is 3.60. The summed E-state index contributed by atoms with van der Waals surface area (Å²) in [5, 5.41) is 0.0766. The minimum absolute atomic E-state index is 0.0766. The predicted octanol–water partition coefficient (Wildman–Crippen LogP) is 1.06. The first-order chi connectivity index (χ1) is 9.39. The molecule has 0 aliphatic carbocycles. The monoisotopic (exact) mass is 292 g/mol. The van der Waals surface area contributed by atoms with Gasteiger partial charge in [0.1, 0.15) is 5.82 Å². The Kier molecular flexibility index (Phi) is 2.75. The first-order valence-electron chi connectivity index (χ1n) is 6.31. The maximum Gasteiger partial charge on any atom is 0.283 e. The van der Waals surface area contributed by atoms with E-state index in [9.17, 15) is 8.42 Å². The molecular formula is C13H16N4O2S. The van der Waals surface area contributed by atoms with Gasteiger partial charge in [-0.15, -0.1) is 0 Å². The first kappa shape index (κ1) is 13.0. The van der Waals surface area contributed by atoms with Crippen molar-refractivity contribution < 1.29 is 8.42 Å². The van der Waals surface area contributed by atoms with Crippen LogP contribution in [0.15, 0.2) is 29.4 Å². The lowest BCUT2D eigenvalue weighted by molar-refractivity contribution is 0.589. The molecule has 1 aromatic carbocycles. The molecule has 1 aliphatic heterocycles. The molecular weight excluding hydrogens is 276 g/mol. The van der Waals surface area contributed by atoms with Gasteiger partial charge in [0.05, 0.1) is 5.69 Å². The van der Waals surface area contributed by atoms with Crippen LogP contribution in [0.1, 0.15) is 11.4 Å². The number of sulfonamides is 1. The van der Waals surface area contributed by atoms with Gasteiger partial charge >= 0.3 is 0 Å². The van der Waals surface area contributed by atoms with E-state index in [1.54, 1.807) is 30.7 Å². The summed E-state index contributed by atoms with van der Waals surface area (Å²) in [7, 11) is -1.85. The van der Waals surface area contributed by atoms with Gasteiger partial charge < -0.3 is 10.3 Å². The molecule has 0 atom stereocenters. The Labute approximate surface area is 117 Å². The molecule has 0 amide bonds. The summed E-state index contributed by atoms with van der Waals surface area (Å²) in [5.74, 6) is 0.663. The number of nitrogens with zero attached hydrogens (tertiary/aromatic N) is 3. The molecule has 106 valence electrons. The second kappa shape index (κ2) is 4.24. The van der Waals surface area contributed by atoms with Crippen LogP contribution in [-0.2, 0) is 23.5 Å². The molecule has 7 heteroatoms. The fourth-order valence-electron chi connectivity index (χ4n) is 2.38. The quantitative estimate of drug-likeness (QED) is 0.839. The number of rotatable bonds is 2. The minimum atomic E-state index is -3.62. The lowest BCUT2D eigenvalue weighted by atomic mass is 10.1. The van der Waals surface area contributed by atoms with Crippen molar-refractivity contribution in [3.8, 4) is 0 Å². The van der Waals surface area contributed by atoms with Gasteiger partial charge in [-0.2, -0.15) is 8.42 Å². The van der Waals surface area contributed by atoms with Crippen LogP contribution < -0.4 is 10.0 Å². The van der Waals surface area contributed by atoms with Crippen LogP contribution in [0.3, 0.4) is 0 Å². The predicted molar refractivity (Wildman–Crippen MR) is 77.0 cm³/mol. The highest BCUT2D eigenvalue weighted by Crippen LogP contribution is 2.34. The largest absolute Gasteiger partial charge is 0.399 e. The molecule has 0 spiro atoms. The Bertz CT molecular complexity index is 760. The summed E-state index contributed by atoms with van der Waals surface area (Å²) < 4.78 is 28.5. The Morgan fingerprint density at radius 3 is 2.75 bits per heavy atom. The van der Waals surface area contributed by atoms with Gasteiger partial charge in [0.2, 0.25) is 0 Å². The van der Waals surface area contributed by atoms with Crippen LogP contribution in [0.25, 0.3) is 0 Å². The number of anilines is 2. The molecule has 3 rings (SSSR count).